The van der Waals surface area contributed by atoms with Gasteiger partial charge in [-0.3, -0.25) is 4.79 Å². The number of rotatable bonds is 3. The second kappa shape index (κ2) is 3.05. The topological polar surface area (TPSA) is 68.0 Å². The molecule has 0 saturated heterocycles. The van der Waals surface area contributed by atoms with Crippen LogP contribution in [0.5, 0.6) is 0 Å². The maximum absolute atomic E-state index is 11.1. The minimum absolute atomic E-state index is 0.411. The first kappa shape index (κ1) is 10.1. The second-order valence-corrected chi connectivity index (χ2v) is 4.60. The molecule has 0 spiro atoms. The van der Waals surface area contributed by atoms with Gasteiger partial charge in [-0.15, -0.1) is 10.2 Å². The van der Waals surface area contributed by atoms with E-state index >= 15 is 0 Å². The third-order valence-corrected chi connectivity index (χ3v) is 2.87. The van der Waals surface area contributed by atoms with Crippen LogP contribution in [-0.2, 0) is 10.2 Å². The summed E-state index contributed by atoms with van der Waals surface area (Å²) in [7, 11) is 0. The van der Waals surface area contributed by atoms with Crippen LogP contribution in [0.4, 0.5) is 0 Å². The zero-order valence-corrected chi connectivity index (χ0v) is 9.19. The number of aliphatic carboxylic acids is 1. The van der Waals surface area contributed by atoms with Crippen LogP contribution < -0.4 is 0 Å². The van der Waals surface area contributed by atoms with Crippen LogP contribution in [0.1, 0.15) is 44.4 Å². The number of nitrogens with zero attached hydrogens (tertiary/aromatic N) is 3. The Hall–Kier alpha value is -1.39. The van der Waals surface area contributed by atoms with E-state index in [1.165, 1.54) is 0 Å². The number of carbonyl (C=O) groups is 1. The predicted octanol–water partition coefficient (Wildman–Crippen LogP) is 1.28. The maximum atomic E-state index is 11.1. The van der Waals surface area contributed by atoms with E-state index in [2.05, 4.69) is 10.2 Å². The lowest BCUT2D eigenvalue weighted by molar-refractivity contribution is -0.142. The third-order valence-electron chi connectivity index (χ3n) is 2.87. The minimum atomic E-state index is -0.968. The van der Waals surface area contributed by atoms with Crippen molar-refractivity contribution in [3.05, 3.63) is 11.6 Å². The average molecular weight is 209 g/mol. The van der Waals surface area contributed by atoms with Crippen LogP contribution in [0, 0.1) is 6.92 Å². The Bertz CT molecular complexity index is 405. The normalized spacial score (nSPS) is 16.7. The fourth-order valence-corrected chi connectivity index (χ4v) is 1.66. The fourth-order valence-electron chi connectivity index (χ4n) is 1.66. The van der Waals surface area contributed by atoms with Crippen molar-refractivity contribution < 1.29 is 9.90 Å². The second-order valence-electron chi connectivity index (χ2n) is 4.60. The molecular formula is C10H15N3O2. The Morgan fingerprint density at radius 2 is 2.07 bits per heavy atom. The van der Waals surface area contributed by atoms with Gasteiger partial charge in [-0.1, -0.05) is 0 Å². The van der Waals surface area contributed by atoms with Gasteiger partial charge in [0.2, 0.25) is 0 Å². The summed E-state index contributed by atoms with van der Waals surface area (Å²) in [5, 5.41) is 17.1. The van der Waals surface area contributed by atoms with E-state index in [4.69, 9.17) is 5.11 Å². The molecule has 1 fully saturated rings. The summed E-state index contributed by atoms with van der Waals surface area (Å²) in [6, 6.07) is 0.411. The molecule has 1 saturated carbocycles. The van der Waals surface area contributed by atoms with E-state index in [1.54, 1.807) is 13.8 Å². The number of hydrogen-bond donors (Lipinski definition) is 1. The lowest BCUT2D eigenvalue weighted by Crippen LogP contribution is -2.32. The number of aryl methyl sites for hydroxylation is 1. The minimum Gasteiger partial charge on any atom is -0.481 e. The molecular weight excluding hydrogens is 194 g/mol. The van der Waals surface area contributed by atoms with Gasteiger partial charge in [0, 0.05) is 6.04 Å². The van der Waals surface area contributed by atoms with Gasteiger partial charge in [0.05, 0.1) is 0 Å². The van der Waals surface area contributed by atoms with Gasteiger partial charge in [-0.25, -0.2) is 0 Å². The van der Waals surface area contributed by atoms with E-state index in [-0.39, 0.29) is 0 Å². The molecule has 1 aromatic rings. The highest BCUT2D eigenvalue weighted by Crippen LogP contribution is 2.38. The van der Waals surface area contributed by atoms with Gasteiger partial charge >= 0.3 is 5.97 Å². The van der Waals surface area contributed by atoms with Crippen molar-refractivity contribution in [3.8, 4) is 0 Å². The smallest absolute Gasteiger partial charge is 0.316 e. The highest BCUT2D eigenvalue weighted by molar-refractivity contribution is 5.79. The molecule has 15 heavy (non-hydrogen) atoms. The van der Waals surface area contributed by atoms with Crippen LogP contribution in [0.15, 0.2) is 0 Å². The molecule has 82 valence electrons. The quantitative estimate of drug-likeness (QED) is 0.814. The Labute approximate surface area is 88.1 Å². The lowest BCUT2D eigenvalue weighted by atomic mass is 9.92. The number of hydrogen-bond acceptors (Lipinski definition) is 3. The largest absolute Gasteiger partial charge is 0.481 e. The summed E-state index contributed by atoms with van der Waals surface area (Å²) in [6.45, 7) is 5.20. The van der Waals surface area contributed by atoms with Crippen molar-refractivity contribution in [2.75, 3.05) is 0 Å². The third kappa shape index (κ3) is 1.52. The molecule has 0 radical (unpaired) electrons. The standard InChI is InChI=1S/C10H15N3O2/c1-6-11-12-8(10(2,3)9(14)15)13(6)7-4-5-7/h7H,4-5H2,1-3H3,(H,14,15). The number of carboxylic acids is 1. The number of aromatic nitrogens is 3. The Morgan fingerprint density at radius 1 is 1.47 bits per heavy atom. The predicted molar refractivity (Wildman–Crippen MR) is 53.7 cm³/mol. The van der Waals surface area contributed by atoms with Crippen LogP contribution in [0.25, 0.3) is 0 Å². The van der Waals surface area contributed by atoms with Crippen molar-refractivity contribution >= 4 is 5.97 Å². The van der Waals surface area contributed by atoms with Gasteiger partial charge in [-0.2, -0.15) is 0 Å². The van der Waals surface area contributed by atoms with E-state index < -0.39 is 11.4 Å². The molecule has 1 aliphatic carbocycles. The van der Waals surface area contributed by atoms with E-state index in [0.29, 0.717) is 11.9 Å². The summed E-state index contributed by atoms with van der Waals surface area (Å²) < 4.78 is 1.97. The molecule has 5 heteroatoms. The Balaban J connectivity index is 2.47. The molecule has 5 nitrogen and oxygen atoms in total. The first-order chi connectivity index (χ1) is 6.94. The summed E-state index contributed by atoms with van der Waals surface area (Å²) >= 11 is 0. The van der Waals surface area contributed by atoms with Crippen molar-refractivity contribution in [2.45, 2.75) is 45.1 Å². The Kier molecular flexibility index (Phi) is 2.06. The van der Waals surface area contributed by atoms with Crippen molar-refractivity contribution in [1.82, 2.24) is 14.8 Å². The van der Waals surface area contributed by atoms with Gasteiger partial charge in [0.1, 0.15) is 17.1 Å². The van der Waals surface area contributed by atoms with Crippen molar-refractivity contribution in [1.29, 1.82) is 0 Å². The molecule has 0 aromatic carbocycles. The molecule has 1 aliphatic rings. The molecule has 0 atom stereocenters. The Morgan fingerprint density at radius 3 is 2.53 bits per heavy atom. The van der Waals surface area contributed by atoms with E-state index in [1.807, 2.05) is 11.5 Å². The lowest BCUT2D eigenvalue weighted by Gasteiger charge is -2.19. The molecule has 1 aromatic heterocycles. The van der Waals surface area contributed by atoms with Crippen LogP contribution in [0.3, 0.4) is 0 Å². The first-order valence-electron chi connectivity index (χ1n) is 5.10. The molecule has 0 bridgehead atoms. The molecule has 2 rings (SSSR count). The molecule has 0 aliphatic heterocycles. The van der Waals surface area contributed by atoms with Gasteiger partial charge in [-0.05, 0) is 33.6 Å². The molecule has 0 amide bonds. The molecule has 0 unspecified atom stereocenters. The molecule has 1 N–H and O–H groups in total. The van der Waals surface area contributed by atoms with E-state index in [0.717, 1.165) is 18.7 Å². The first-order valence-corrected chi connectivity index (χ1v) is 5.10. The SMILES string of the molecule is Cc1nnc(C(C)(C)C(=O)O)n1C1CC1. The van der Waals surface area contributed by atoms with Crippen LogP contribution in [-0.4, -0.2) is 25.8 Å². The number of carboxylic acid groups (broad SMARTS) is 1. The fraction of sp³-hybridized carbons (Fsp3) is 0.700. The van der Waals surface area contributed by atoms with Crippen molar-refractivity contribution in [2.24, 2.45) is 0 Å². The maximum Gasteiger partial charge on any atom is 0.316 e. The van der Waals surface area contributed by atoms with Gasteiger partial charge in [0.25, 0.3) is 0 Å². The molecule has 1 heterocycles. The van der Waals surface area contributed by atoms with Crippen LogP contribution in [0.2, 0.25) is 0 Å². The highest BCUT2D eigenvalue weighted by atomic mass is 16.4. The summed E-state index contributed by atoms with van der Waals surface area (Å²) in [5.74, 6) is 0.508. The van der Waals surface area contributed by atoms with Gasteiger partial charge in [0.15, 0.2) is 0 Å². The summed E-state index contributed by atoms with van der Waals surface area (Å²) in [4.78, 5) is 11.1. The summed E-state index contributed by atoms with van der Waals surface area (Å²) in [5.41, 5.74) is -0.968. The van der Waals surface area contributed by atoms with Gasteiger partial charge < -0.3 is 9.67 Å². The summed E-state index contributed by atoms with van der Waals surface area (Å²) in [6.07, 6.45) is 2.20. The zero-order chi connectivity index (χ0) is 11.2. The van der Waals surface area contributed by atoms with E-state index in [9.17, 15) is 4.79 Å². The van der Waals surface area contributed by atoms with Crippen molar-refractivity contribution in [3.63, 3.8) is 0 Å². The average Bonchev–Trinajstić information content (AvgIpc) is 2.89. The monoisotopic (exact) mass is 209 g/mol. The van der Waals surface area contributed by atoms with Crippen LogP contribution >= 0.6 is 0 Å². The zero-order valence-electron chi connectivity index (χ0n) is 9.19. The highest BCUT2D eigenvalue weighted by Gasteiger charge is 2.39.